The summed E-state index contributed by atoms with van der Waals surface area (Å²) in [6, 6.07) is 28.3. The van der Waals surface area contributed by atoms with E-state index < -0.39 is 0 Å². The molecule has 2 aromatic heterocycles. The third-order valence-electron chi connectivity index (χ3n) is 7.17. The predicted molar refractivity (Wildman–Crippen MR) is 149 cm³/mol. The number of anilines is 1. The van der Waals surface area contributed by atoms with Gasteiger partial charge < -0.3 is 14.8 Å². The number of rotatable bonds is 4. The standard InChI is InChI=1S/C31H30N4/c1-22(20-23-6-4-3-5-7-23)27-14-15-32-31-30(27)28-21-25(10-13-29(28)33-31)24-8-11-26(12-9-24)35-18-16-34(2)17-19-35/h3-15,20-21H,16-19H2,1-2H3,(H,32,33)/b22-20-. The molecule has 174 valence electrons. The van der Waals surface area contributed by atoms with Crippen LogP contribution in [0.3, 0.4) is 0 Å². The number of nitrogens with zero attached hydrogens (tertiary/aromatic N) is 3. The molecule has 0 saturated carbocycles. The lowest BCUT2D eigenvalue weighted by molar-refractivity contribution is 0.313. The van der Waals surface area contributed by atoms with E-state index in [1.165, 1.54) is 44.3 Å². The second-order valence-electron chi connectivity index (χ2n) is 9.54. The molecule has 0 aliphatic carbocycles. The maximum Gasteiger partial charge on any atom is 0.138 e. The van der Waals surface area contributed by atoms with Crippen LogP contribution in [0.5, 0.6) is 0 Å². The second-order valence-corrected chi connectivity index (χ2v) is 9.54. The normalized spacial score (nSPS) is 15.3. The first-order chi connectivity index (χ1) is 17.2. The molecule has 1 fully saturated rings. The summed E-state index contributed by atoms with van der Waals surface area (Å²) in [5, 5.41) is 2.40. The van der Waals surface area contributed by atoms with Crippen molar-refractivity contribution in [2.45, 2.75) is 6.92 Å². The van der Waals surface area contributed by atoms with Crippen LogP contribution < -0.4 is 4.90 Å². The Balaban J connectivity index is 1.38. The highest BCUT2D eigenvalue weighted by molar-refractivity contribution is 6.12. The van der Waals surface area contributed by atoms with E-state index in [4.69, 9.17) is 0 Å². The van der Waals surface area contributed by atoms with Crippen molar-refractivity contribution in [3.05, 3.63) is 96.2 Å². The third-order valence-corrected chi connectivity index (χ3v) is 7.17. The highest BCUT2D eigenvalue weighted by atomic mass is 15.2. The van der Waals surface area contributed by atoms with Crippen LogP contribution in [0.2, 0.25) is 0 Å². The number of nitrogens with one attached hydrogen (secondary N) is 1. The maximum atomic E-state index is 4.65. The summed E-state index contributed by atoms with van der Waals surface area (Å²) in [5.41, 5.74) is 9.47. The molecule has 0 unspecified atom stereocenters. The van der Waals surface area contributed by atoms with Crippen molar-refractivity contribution in [3.8, 4) is 11.1 Å². The molecule has 0 amide bonds. The first-order valence-corrected chi connectivity index (χ1v) is 12.3. The van der Waals surface area contributed by atoms with Crippen molar-refractivity contribution >= 4 is 39.3 Å². The molecule has 1 N–H and O–H groups in total. The lowest BCUT2D eigenvalue weighted by atomic mass is 9.98. The second kappa shape index (κ2) is 9.05. The van der Waals surface area contributed by atoms with Crippen molar-refractivity contribution in [1.82, 2.24) is 14.9 Å². The van der Waals surface area contributed by atoms with Crippen molar-refractivity contribution in [2.24, 2.45) is 0 Å². The predicted octanol–water partition coefficient (Wildman–Crippen LogP) is 6.70. The van der Waals surface area contributed by atoms with Gasteiger partial charge in [-0.05, 0) is 72.1 Å². The number of fused-ring (bicyclic) bond motifs is 3. The molecule has 4 nitrogen and oxygen atoms in total. The summed E-state index contributed by atoms with van der Waals surface area (Å²) >= 11 is 0. The molecule has 1 aliphatic heterocycles. The van der Waals surface area contributed by atoms with Gasteiger partial charge in [0.1, 0.15) is 5.65 Å². The molecular weight excluding hydrogens is 428 g/mol. The van der Waals surface area contributed by atoms with Gasteiger partial charge in [-0.3, -0.25) is 0 Å². The van der Waals surface area contributed by atoms with Gasteiger partial charge in [-0.1, -0.05) is 54.6 Å². The third kappa shape index (κ3) is 4.22. The molecule has 0 radical (unpaired) electrons. The molecule has 3 heterocycles. The Morgan fingerprint density at radius 2 is 1.60 bits per heavy atom. The largest absolute Gasteiger partial charge is 0.369 e. The Kier molecular flexibility index (Phi) is 5.59. The van der Waals surface area contributed by atoms with Crippen molar-refractivity contribution in [1.29, 1.82) is 0 Å². The van der Waals surface area contributed by atoms with Crippen LogP contribution in [0.15, 0.2) is 85.1 Å². The molecule has 3 aromatic carbocycles. The fourth-order valence-electron chi connectivity index (χ4n) is 5.13. The molecule has 0 spiro atoms. The van der Waals surface area contributed by atoms with Crippen LogP contribution >= 0.6 is 0 Å². The van der Waals surface area contributed by atoms with Gasteiger partial charge in [0.05, 0.1) is 0 Å². The summed E-state index contributed by atoms with van der Waals surface area (Å²) < 4.78 is 0. The molecule has 1 saturated heterocycles. The lowest BCUT2D eigenvalue weighted by Crippen LogP contribution is -2.44. The summed E-state index contributed by atoms with van der Waals surface area (Å²) in [7, 11) is 2.20. The Bertz CT molecular complexity index is 1510. The van der Waals surface area contributed by atoms with Crippen molar-refractivity contribution in [3.63, 3.8) is 0 Å². The van der Waals surface area contributed by atoms with Crippen LogP contribution in [0, 0.1) is 0 Å². The van der Waals surface area contributed by atoms with Crippen LogP contribution in [0.1, 0.15) is 18.1 Å². The van der Waals surface area contributed by atoms with Crippen molar-refractivity contribution in [2.75, 3.05) is 38.1 Å². The minimum atomic E-state index is 0.931. The topological polar surface area (TPSA) is 35.2 Å². The zero-order valence-corrected chi connectivity index (χ0v) is 20.3. The Hall–Kier alpha value is -3.89. The fraction of sp³-hybridized carbons (Fsp3) is 0.194. The summed E-state index contributed by atoms with van der Waals surface area (Å²) in [6.07, 6.45) is 4.14. The summed E-state index contributed by atoms with van der Waals surface area (Å²) in [5.74, 6) is 0. The van der Waals surface area contributed by atoms with E-state index in [9.17, 15) is 0 Å². The van der Waals surface area contributed by atoms with E-state index in [-0.39, 0.29) is 0 Å². The van der Waals surface area contributed by atoms with E-state index in [1.807, 2.05) is 6.20 Å². The number of aromatic amines is 1. The highest BCUT2D eigenvalue weighted by Crippen LogP contribution is 2.34. The number of piperazine rings is 1. The van der Waals surface area contributed by atoms with E-state index in [1.54, 1.807) is 0 Å². The quantitative estimate of drug-likeness (QED) is 0.326. The number of H-pyrrole nitrogens is 1. The lowest BCUT2D eigenvalue weighted by Gasteiger charge is -2.34. The van der Waals surface area contributed by atoms with Gasteiger partial charge >= 0.3 is 0 Å². The summed E-state index contributed by atoms with van der Waals surface area (Å²) in [6.45, 7) is 6.59. The number of hydrogen-bond acceptors (Lipinski definition) is 3. The van der Waals surface area contributed by atoms with Gasteiger partial charge in [0.2, 0.25) is 0 Å². The highest BCUT2D eigenvalue weighted by Gasteiger charge is 2.15. The maximum absolute atomic E-state index is 4.65. The van der Waals surface area contributed by atoms with Gasteiger partial charge in [0.25, 0.3) is 0 Å². The molecule has 6 rings (SSSR count). The molecular formula is C31H30N4. The first kappa shape index (κ1) is 21.6. The van der Waals surface area contributed by atoms with Crippen molar-refractivity contribution < 1.29 is 0 Å². The van der Waals surface area contributed by atoms with E-state index in [2.05, 4.69) is 119 Å². The van der Waals surface area contributed by atoms with Crippen LogP contribution in [0.25, 0.3) is 44.7 Å². The van der Waals surface area contributed by atoms with Crippen LogP contribution in [-0.4, -0.2) is 48.1 Å². The summed E-state index contributed by atoms with van der Waals surface area (Å²) in [4.78, 5) is 13.0. The number of hydrogen-bond donors (Lipinski definition) is 1. The minimum absolute atomic E-state index is 0.931. The SMILES string of the molecule is C/C(=C/c1ccccc1)c1ccnc2[nH]c3ccc(-c4ccc(N5CCN(C)CC5)cc4)cc3c12. The van der Waals surface area contributed by atoms with E-state index in [0.717, 1.165) is 37.3 Å². The van der Waals surface area contributed by atoms with Gasteiger partial charge in [0, 0.05) is 54.4 Å². The smallest absolute Gasteiger partial charge is 0.138 e. The van der Waals surface area contributed by atoms with E-state index >= 15 is 0 Å². The first-order valence-electron chi connectivity index (χ1n) is 12.3. The molecule has 35 heavy (non-hydrogen) atoms. The Labute approximate surface area is 206 Å². The minimum Gasteiger partial charge on any atom is -0.369 e. The van der Waals surface area contributed by atoms with Gasteiger partial charge in [0.15, 0.2) is 0 Å². The molecule has 4 heteroatoms. The number of likely N-dealkylation sites (N-methyl/N-ethyl adjacent to an activating group) is 1. The molecule has 0 atom stereocenters. The zero-order chi connectivity index (χ0) is 23.8. The van der Waals surface area contributed by atoms with Gasteiger partial charge in [-0.2, -0.15) is 0 Å². The van der Waals surface area contributed by atoms with E-state index in [0.29, 0.717) is 0 Å². The molecule has 0 bridgehead atoms. The average Bonchev–Trinajstić information content (AvgIpc) is 3.28. The fourth-order valence-corrected chi connectivity index (χ4v) is 5.13. The number of pyridine rings is 1. The van der Waals surface area contributed by atoms with Crippen LogP contribution in [0.4, 0.5) is 5.69 Å². The van der Waals surface area contributed by atoms with Crippen LogP contribution in [-0.2, 0) is 0 Å². The number of allylic oxidation sites excluding steroid dienone is 1. The number of aromatic nitrogens is 2. The monoisotopic (exact) mass is 458 g/mol. The zero-order valence-electron chi connectivity index (χ0n) is 20.3. The molecule has 1 aliphatic rings. The van der Waals surface area contributed by atoms with Gasteiger partial charge in [-0.15, -0.1) is 0 Å². The van der Waals surface area contributed by atoms with Gasteiger partial charge in [-0.25, -0.2) is 4.98 Å². The number of benzene rings is 3. The average molecular weight is 459 g/mol. The Morgan fingerprint density at radius 1 is 0.857 bits per heavy atom. The Morgan fingerprint density at radius 3 is 2.37 bits per heavy atom. The molecule has 5 aromatic rings.